The molecule has 98 valence electrons. The maximum Gasteiger partial charge on any atom is 0.337 e. The molecule has 0 aliphatic heterocycles. The number of nitrogens with one attached hydrogen (secondary N) is 1. The highest BCUT2D eigenvalue weighted by Gasteiger charge is 2.08. The van der Waals surface area contributed by atoms with E-state index in [1.165, 1.54) is 12.3 Å². The van der Waals surface area contributed by atoms with Gasteiger partial charge in [-0.2, -0.15) is 0 Å². The zero-order chi connectivity index (χ0) is 13.8. The maximum absolute atomic E-state index is 10.8. The third kappa shape index (κ3) is 3.68. The predicted octanol–water partition coefficient (Wildman–Crippen LogP) is 3.81. The molecule has 0 aliphatic rings. The quantitative estimate of drug-likeness (QED) is 0.888. The molecule has 2 aromatic rings. The number of pyridine rings is 1. The highest BCUT2D eigenvalue weighted by atomic mass is 79.9. The zero-order valence-electron chi connectivity index (χ0n) is 9.73. The van der Waals surface area contributed by atoms with E-state index in [-0.39, 0.29) is 10.6 Å². The van der Waals surface area contributed by atoms with Crippen molar-refractivity contribution in [2.24, 2.45) is 0 Å². The lowest BCUT2D eigenvalue weighted by Crippen LogP contribution is -2.04. The number of benzene rings is 1. The van der Waals surface area contributed by atoms with Crippen LogP contribution in [-0.4, -0.2) is 16.1 Å². The van der Waals surface area contributed by atoms with E-state index < -0.39 is 5.97 Å². The van der Waals surface area contributed by atoms with Gasteiger partial charge in [-0.1, -0.05) is 39.7 Å². The van der Waals surface area contributed by atoms with Crippen molar-refractivity contribution in [3.05, 3.63) is 57.2 Å². The van der Waals surface area contributed by atoms with E-state index in [4.69, 9.17) is 16.7 Å². The Bertz CT molecular complexity index is 602. The summed E-state index contributed by atoms with van der Waals surface area (Å²) in [5.74, 6) is -0.580. The summed E-state index contributed by atoms with van der Waals surface area (Å²) in [6.07, 6.45) is 1.28. The number of hydrogen-bond acceptors (Lipinski definition) is 3. The Morgan fingerprint density at radius 1 is 1.37 bits per heavy atom. The molecule has 0 fully saturated rings. The first-order valence-electron chi connectivity index (χ1n) is 5.43. The molecule has 1 aromatic carbocycles. The van der Waals surface area contributed by atoms with Gasteiger partial charge in [0, 0.05) is 17.2 Å². The van der Waals surface area contributed by atoms with Crippen LogP contribution in [0.3, 0.4) is 0 Å². The van der Waals surface area contributed by atoms with Gasteiger partial charge in [0.2, 0.25) is 0 Å². The molecule has 0 aliphatic carbocycles. The number of carboxylic acid groups (broad SMARTS) is 1. The lowest BCUT2D eigenvalue weighted by molar-refractivity contribution is 0.0696. The molecule has 0 atom stereocenters. The number of nitrogens with zero attached hydrogens (tertiary/aromatic N) is 1. The van der Waals surface area contributed by atoms with Gasteiger partial charge in [0.25, 0.3) is 0 Å². The van der Waals surface area contributed by atoms with E-state index in [1.807, 2.05) is 24.3 Å². The number of carbonyl (C=O) groups is 1. The monoisotopic (exact) mass is 340 g/mol. The van der Waals surface area contributed by atoms with Crippen molar-refractivity contribution in [3.63, 3.8) is 0 Å². The van der Waals surface area contributed by atoms with Crippen LogP contribution >= 0.6 is 27.5 Å². The normalized spacial score (nSPS) is 10.2. The summed E-state index contributed by atoms with van der Waals surface area (Å²) in [5, 5.41) is 12.2. The molecular formula is C13H10BrClN2O2. The topological polar surface area (TPSA) is 62.2 Å². The Kier molecular flexibility index (Phi) is 4.39. The Hall–Kier alpha value is -1.59. The van der Waals surface area contributed by atoms with E-state index in [9.17, 15) is 4.79 Å². The van der Waals surface area contributed by atoms with E-state index in [0.29, 0.717) is 12.4 Å². The van der Waals surface area contributed by atoms with Crippen LogP contribution in [0.1, 0.15) is 15.9 Å². The fraction of sp³-hybridized carbons (Fsp3) is 0.0769. The lowest BCUT2D eigenvalue weighted by Gasteiger charge is -2.08. The Morgan fingerprint density at radius 3 is 2.63 bits per heavy atom. The molecule has 0 unspecified atom stereocenters. The van der Waals surface area contributed by atoms with Crippen molar-refractivity contribution >= 4 is 39.3 Å². The van der Waals surface area contributed by atoms with Gasteiger partial charge in [0.15, 0.2) is 0 Å². The number of aromatic carboxylic acids is 1. The first kappa shape index (κ1) is 13.8. The van der Waals surface area contributed by atoms with Crippen molar-refractivity contribution in [3.8, 4) is 0 Å². The summed E-state index contributed by atoms with van der Waals surface area (Å²) >= 11 is 9.33. The second-order valence-corrected chi connectivity index (χ2v) is 5.16. The van der Waals surface area contributed by atoms with Crippen LogP contribution in [0.4, 0.5) is 5.82 Å². The number of carboxylic acids is 1. The zero-order valence-corrected chi connectivity index (χ0v) is 12.1. The van der Waals surface area contributed by atoms with Crippen LogP contribution in [0.25, 0.3) is 0 Å². The SMILES string of the molecule is O=C(O)c1cnc(NCc2ccc(Br)cc2)c(Cl)c1. The van der Waals surface area contributed by atoms with Crippen molar-refractivity contribution in [2.45, 2.75) is 6.54 Å². The Balaban J connectivity index is 2.07. The van der Waals surface area contributed by atoms with Crippen LogP contribution in [-0.2, 0) is 6.54 Å². The van der Waals surface area contributed by atoms with Crippen molar-refractivity contribution in [1.82, 2.24) is 4.98 Å². The molecule has 2 N–H and O–H groups in total. The van der Waals surface area contributed by atoms with Gasteiger partial charge < -0.3 is 10.4 Å². The fourth-order valence-corrected chi connectivity index (χ4v) is 1.97. The van der Waals surface area contributed by atoms with E-state index in [0.717, 1.165) is 10.0 Å². The minimum absolute atomic E-state index is 0.0687. The molecule has 0 saturated heterocycles. The van der Waals surface area contributed by atoms with Gasteiger partial charge >= 0.3 is 5.97 Å². The van der Waals surface area contributed by atoms with Gasteiger partial charge in [-0.25, -0.2) is 9.78 Å². The second-order valence-electron chi connectivity index (χ2n) is 3.84. The third-order valence-electron chi connectivity index (χ3n) is 2.46. The van der Waals surface area contributed by atoms with Crippen molar-refractivity contribution < 1.29 is 9.90 Å². The molecule has 19 heavy (non-hydrogen) atoms. The molecule has 0 radical (unpaired) electrons. The molecular weight excluding hydrogens is 332 g/mol. The van der Waals surface area contributed by atoms with Crippen molar-refractivity contribution in [1.29, 1.82) is 0 Å². The van der Waals surface area contributed by atoms with Gasteiger partial charge in [0.05, 0.1) is 10.6 Å². The predicted molar refractivity (Wildman–Crippen MR) is 77.7 cm³/mol. The van der Waals surface area contributed by atoms with Crippen LogP contribution in [0.5, 0.6) is 0 Å². The number of anilines is 1. The molecule has 1 heterocycles. The number of halogens is 2. The van der Waals surface area contributed by atoms with E-state index in [2.05, 4.69) is 26.2 Å². The average Bonchev–Trinajstić information content (AvgIpc) is 2.39. The first-order chi connectivity index (χ1) is 9.06. The minimum Gasteiger partial charge on any atom is -0.478 e. The van der Waals surface area contributed by atoms with Crippen LogP contribution < -0.4 is 5.32 Å². The maximum atomic E-state index is 10.8. The second kappa shape index (κ2) is 6.04. The molecule has 0 saturated carbocycles. The molecule has 4 nitrogen and oxygen atoms in total. The summed E-state index contributed by atoms with van der Waals surface area (Å²) in [6, 6.07) is 9.20. The smallest absolute Gasteiger partial charge is 0.337 e. The molecule has 6 heteroatoms. The van der Waals surface area contributed by atoms with Crippen LogP contribution in [0.15, 0.2) is 41.0 Å². The van der Waals surface area contributed by atoms with Crippen LogP contribution in [0.2, 0.25) is 5.02 Å². The largest absolute Gasteiger partial charge is 0.478 e. The number of hydrogen-bond donors (Lipinski definition) is 2. The van der Waals surface area contributed by atoms with Gasteiger partial charge in [-0.05, 0) is 23.8 Å². The standard InChI is InChI=1S/C13H10BrClN2O2/c14-10-3-1-8(2-4-10)6-16-12-11(15)5-9(7-17-12)13(18)19/h1-5,7H,6H2,(H,16,17)(H,18,19). The highest BCUT2D eigenvalue weighted by Crippen LogP contribution is 2.21. The van der Waals surface area contributed by atoms with E-state index >= 15 is 0 Å². The Labute approximate surface area is 123 Å². The molecule has 0 spiro atoms. The Morgan fingerprint density at radius 2 is 2.05 bits per heavy atom. The summed E-state index contributed by atoms with van der Waals surface area (Å²) < 4.78 is 1.01. The number of aromatic nitrogens is 1. The lowest BCUT2D eigenvalue weighted by atomic mass is 10.2. The first-order valence-corrected chi connectivity index (χ1v) is 6.60. The number of rotatable bonds is 4. The molecule has 2 rings (SSSR count). The third-order valence-corrected chi connectivity index (χ3v) is 3.28. The molecule has 0 amide bonds. The summed E-state index contributed by atoms with van der Waals surface area (Å²) in [6.45, 7) is 0.562. The van der Waals surface area contributed by atoms with Gasteiger partial charge in [-0.15, -0.1) is 0 Å². The van der Waals surface area contributed by atoms with Gasteiger partial charge in [0.1, 0.15) is 5.82 Å². The molecule has 0 bridgehead atoms. The fourth-order valence-electron chi connectivity index (χ4n) is 1.47. The van der Waals surface area contributed by atoms with Gasteiger partial charge in [-0.3, -0.25) is 0 Å². The van der Waals surface area contributed by atoms with Crippen molar-refractivity contribution in [2.75, 3.05) is 5.32 Å². The summed E-state index contributed by atoms with van der Waals surface area (Å²) in [5.41, 5.74) is 1.14. The minimum atomic E-state index is -1.05. The highest BCUT2D eigenvalue weighted by molar-refractivity contribution is 9.10. The molecule has 1 aromatic heterocycles. The van der Waals surface area contributed by atoms with E-state index in [1.54, 1.807) is 0 Å². The summed E-state index contributed by atoms with van der Waals surface area (Å²) in [4.78, 5) is 14.8. The summed E-state index contributed by atoms with van der Waals surface area (Å²) in [7, 11) is 0. The average molecular weight is 342 g/mol. The van der Waals surface area contributed by atoms with Crippen LogP contribution in [0, 0.1) is 0 Å².